The number of hydrogen-bond acceptors (Lipinski definition) is 6. The number of piperidine rings is 1. The van der Waals surface area contributed by atoms with Crippen LogP contribution in [0.4, 0.5) is 15.0 Å². The number of nitrogens with two attached hydrogens (primary N) is 1. The molecule has 1 fully saturated rings. The van der Waals surface area contributed by atoms with Crippen molar-refractivity contribution < 1.29 is 23.5 Å². The molecule has 158 valence electrons. The molecule has 8 nitrogen and oxygen atoms in total. The Kier molecular flexibility index (Phi) is 11.3. The maximum absolute atomic E-state index is 13.7. The number of ether oxygens (including phenoxy) is 1. The Morgan fingerprint density at radius 3 is 2.50 bits per heavy atom. The molecule has 0 aliphatic carbocycles. The number of anilines is 1. The van der Waals surface area contributed by atoms with Crippen molar-refractivity contribution in [2.24, 2.45) is 5.73 Å². The molecule has 0 bridgehead atoms. The van der Waals surface area contributed by atoms with Crippen LogP contribution >= 0.6 is 15.9 Å². The van der Waals surface area contributed by atoms with Crippen molar-refractivity contribution in [1.29, 1.82) is 0 Å². The molecule has 10 heteroatoms. The lowest BCUT2D eigenvalue weighted by Gasteiger charge is -2.35. The van der Waals surface area contributed by atoms with Crippen LogP contribution in [0, 0.1) is 0 Å². The van der Waals surface area contributed by atoms with Gasteiger partial charge in [-0.05, 0) is 45.7 Å². The van der Waals surface area contributed by atoms with Crippen LogP contribution in [0.5, 0.6) is 0 Å². The van der Waals surface area contributed by atoms with Gasteiger partial charge in [-0.3, -0.25) is 9.59 Å². The molecular formula is C18H28BrFN4O4. The zero-order valence-corrected chi connectivity index (χ0v) is 18.2. The average Bonchev–Trinajstić information content (AvgIpc) is 2.61. The van der Waals surface area contributed by atoms with Crippen molar-refractivity contribution in [1.82, 2.24) is 9.88 Å². The number of primary amides is 1. The minimum atomic E-state index is -1.91. The summed E-state index contributed by atoms with van der Waals surface area (Å²) in [6.07, 6.45) is 2.38. The Bertz CT molecular complexity index is 642. The molecule has 2 rings (SSSR count). The van der Waals surface area contributed by atoms with Gasteiger partial charge in [-0.2, -0.15) is 0 Å². The molecule has 1 saturated heterocycles. The van der Waals surface area contributed by atoms with E-state index in [-0.39, 0.29) is 25.7 Å². The molecule has 0 saturated carbocycles. The van der Waals surface area contributed by atoms with Gasteiger partial charge in [0.05, 0.1) is 6.54 Å². The summed E-state index contributed by atoms with van der Waals surface area (Å²) in [5, 5.41) is 2.93. The maximum Gasteiger partial charge on any atom is 0.410 e. The van der Waals surface area contributed by atoms with Gasteiger partial charge in [-0.15, -0.1) is 0 Å². The molecule has 1 aromatic heterocycles. The average molecular weight is 463 g/mol. The summed E-state index contributed by atoms with van der Waals surface area (Å²) in [6.45, 7) is 5.48. The van der Waals surface area contributed by atoms with Gasteiger partial charge in [-0.1, -0.05) is 15.9 Å². The monoisotopic (exact) mass is 462 g/mol. The Balaban J connectivity index is 0.000000509. The molecule has 2 heterocycles. The van der Waals surface area contributed by atoms with Crippen LogP contribution in [0.1, 0.15) is 33.6 Å². The van der Waals surface area contributed by atoms with Crippen LogP contribution in [0.3, 0.4) is 0 Å². The molecule has 1 aliphatic rings. The normalized spacial score (nSPS) is 18.4. The lowest BCUT2D eigenvalue weighted by Crippen LogP contribution is -2.50. The number of carbonyl (C=O) groups is 3. The third-order valence-electron chi connectivity index (χ3n) is 3.32. The first kappa shape index (κ1) is 25.8. The number of halogens is 2. The van der Waals surface area contributed by atoms with Crippen LogP contribution in [-0.4, -0.2) is 60.1 Å². The van der Waals surface area contributed by atoms with Crippen molar-refractivity contribution in [2.75, 3.05) is 25.5 Å². The van der Waals surface area contributed by atoms with E-state index in [2.05, 4.69) is 32.0 Å². The standard InChI is InChI=1S/C11H18FNO3.C6H7BrN2.CH3NO/c1-10(2,3)16-9(15)13-6-4-5-11(12,7-13)8-14;1-8-6-4-5(7)2-3-9-6;2-1-3/h8H,4-7H2,1-3H3;2-4H,1H3,(H,8,9);1H,(H2,2,3). The highest BCUT2D eigenvalue weighted by atomic mass is 79.9. The first-order chi connectivity index (χ1) is 13.0. The fraction of sp³-hybridized carbons (Fsp3) is 0.556. The van der Waals surface area contributed by atoms with Crippen LogP contribution in [-0.2, 0) is 14.3 Å². The summed E-state index contributed by atoms with van der Waals surface area (Å²) < 4.78 is 19.9. The van der Waals surface area contributed by atoms with Crippen molar-refractivity contribution >= 4 is 40.5 Å². The van der Waals surface area contributed by atoms with Crippen molar-refractivity contribution in [3.63, 3.8) is 0 Å². The van der Waals surface area contributed by atoms with Gasteiger partial charge in [0.25, 0.3) is 0 Å². The minimum Gasteiger partial charge on any atom is -0.444 e. The van der Waals surface area contributed by atoms with Gasteiger partial charge in [-0.25, -0.2) is 14.2 Å². The SMILES string of the molecule is CC(C)(C)OC(=O)N1CCCC(F)(C=O)C1.CNc1cc(Br)ccn1.NC=O. The quantitative estimate of drug-likeness (QED) is 0.652. The number of alkyl halides is 1. The third-order valence-corrected chi connectivity index (χ3v) is 3.81. The first-order valence-electron chi connectivity index (χ1n) is 8.58. The summed E-state index contributed by atoms with van der Waals surface area (Å²) in [5.74, 6) is 0.879. The maximum atomic E-state index is 13.7. The van der Waals surface area contributed by atoms with Crippen molar-refractivity contribution in [3.05, 3.63) is 22.8 Å². The molecule has 0 aromatic carbocycles. The van der Waals surface area contributed by atoms with Gasteiger partial charge < -0.3 is 20.7 Å². The number of nitrogens with zero attached hydrogens (tertiary/aromatic N) is 2. The fourth-order valence-corrected chi connectivity index (χ4v) is 2.49. The van der Waals surface area contributed by atoms with E-state index in [1.807, 2.05) is 19.2 Å². The number of nitrogens with one attached hydrogen (secondary N) is 1. The Labute approximate surface area is 173 Å². The van der Waals surface area contributed by atoms with Crippen LogP contribution in [0.2, 0.25) is 0 Å². The Hall–Kier alpha value is -2.23. The smallest absolute Gasteiger partial charge is 0.410 e. The van der Waals surface area contributed by atoms with E-state index in [1.54, 1.807) is 27.0 Å². The van der Waals surface area contributed by atoms with Crippen molar-refractivity contribution in [3.8, 4) is 0 Å². The highest BCUT2D eigenvalue weighted by Crippen LogP contribution is 2.24. The fourth-order valence-electron chi connectivity index (χ4n) is 2.16. The topological polar surface area (TPSA) is 115 Å². The summed E-state index contributed by atoms with van der Waals surface area (Å²) in [5.41, 5.74) is 1.66. The Morgan fingerprint density at radius 2 is 2.07 bits per heavy atom. The zero-order valence-electron chi connectivity index (χ0n) is 16.6. The molecular weight excluding hydrogens is 435 g/mol. The molecule has 1 unspecified atom stereocenters. The van der Waals surface area contributed by atoms with Crippen LogP contribution < -0.4 is 11.1 Å². The lowest BCUT2D eigenvalue weighted by atomic mass is 9.97. The number of hydrogen-bond donors (Lipinski definition) is 2. The minimum absolute atomic E-state index is 0.176. The first-order valence-corrected chi connectivity index (χ1v) is 9.37. The number of amides is 2. The van der Waals surface area contributed by atoms with E-state index in [0.717, 1.165) is 10.3 Å². The molecule has 1 aromatic rings. The van der Waals surface area contributed by atoms with Gasteiger partial charge >= 0.3 is 6.09 Å². The highest BCUT2D eigenvalue weighted by Gasteiger charge is 2.38. The number of carbonyl (C=O) groups excluding carboxylic acids is 3. The number of pyridine rings is 1. The largest absolute Gasteiger partial charge is 0.444 e. The van der Waals surface area contributed by atoms with E-state index >= 15 is 0 Å². The summed E-state index contributed by atoms with van der Waals surface area (Å²) in [7, 11) is 1.84. The number of likely N-dealkylation sites (tertiary alicyclic amines) is 1. The second-order valence-corrected chi connectivity index (χ2v) is 7.82. The summed E-state index contributed by atoms with van der Waals surface area (Å²) >= 11 is 3.32. The number of aromatic nitrogens is 1. The molecule has 3 N–H and O–H groups in total. The molecule has 0 spiro atoms. The van der Waals surface area contributed by atoms with Gasteiger partial charge in [0, 0.05) is 24.3 Å². The van der Waals surface area contributed by atoms with E-state index in [9.17, 15) is 14.0 Å². The van der Waals surface area contributed by atoms with Gasteiger partial charge in [0.1, 0.15) is 11.4 Å². The summed E-state index contributed by atoms with van der Waals surface area (Å²) in [4.78, 5) is 36.1. The lowest BCUT2D eigenvalue weighted by molar-refractivity contribution is -0.121. The molecule has 1 atom stereocenters. The second-order valence-electron chi connectivity index (χ2n) is 6.90. The number of rotatable bonds is 2. The van der Waals surface area contributed by atoms with E-state index < -0.39 is 17.4 Å². The van der Waals surface area contributed by atoms with Crippen molar-refractivity contribution in [2.45, 2.75) is 44.9 Å². The van der Waals surface area contributed by atoms with Crippen LogP contribution in [0.15, 0.2) is 22.8 Å². The zero-order chi connectivity index (χ0) is 21.8. The van der Waals surface area contributed by atoms with E-state index in [4.69, 9.17) is 9.53 Å². The third kappa shape index (κ3) is 10.8. The molecule has 28 heavy (non-hydrogen) atoms. The molecule has 0 radical (unpaired) electrons. The van der Waals surface area contributed by atoms with Gasteiger partial charge in [0.15, 0.2) is 12.0 Å². The van der Waals surface area contributed by atoms with Gasteiger partial charge in [0.2, 0.25) is 6.41 Å². The van der Waals surface area contributed by atoms with E-state index in [0.29, 0.717) is 13.0 Å². The predicted octanol–water partition coefficient (Wildman–Crippen LogP) is 2.91. The number of aldehydes is 1. The van der Waals surface area contributed by atoms with E-state index in [1.165, 1.54) is 4.90 Å². The second kappa shape index (κ2) is 12.3. The molecule has 1 aliphatic heterocycles. The van der Waals surface area contributed by atoms with Crippen LogP contribution in [0.25, 0.3) is 0 Å². The summed E-state index contributed by atoms with van der Waals surface area (Å²) in [6, 6.07) is 3.81. The molecule has 2 amide bonds. The highest BCUT2D eigenvalue weighted by molar-refractivity contribution is 9.10. The Morgan fingerprint density at radius 1 is 1.46 bits per heavy atom. The predicted molar refractivity (Wildman–Crippen MR) is 109 cm³/mol.